The molecule has 1 amide bonds. The molecule has 1 saturated heterocycles. The SMILES string of the molecule is COC(=O)C1CCCCN1C(=O)C(=O)c1cc(OC)c(OC)c(OC)c1. The topological polar surface area (TPSA) is 91.4 Å². The number of hydrogen-bond acceptors (Lipinski definition) is 7. The number of nitrogens with zero attached hydrogens (tertiary/aromatic N) is 1. The zero-order valence-corrected chi connectivity index (χ0v) is 15.4. The first-order chi connectivity index (χ1) is 12.5. The van der Waals surface area contributed by atoms with E-state index in [0.717, 1.165) is 12.8 Å². The molecule has 1 fully saturated rings. The fourth-order valence-corrected chi connectivity index (χ4v) is 3.02. The van der Waals surface area contributed by atoms with Crippen LogP contribution < -0.4 is 14.2 Å². The first-order valence-electron chi connectivity index (χ1n) is 8.21. The van der Waals surface area contributed by atoms with Gasteiger partial charge in [-0.15, -0.1) is 0 Å². The van der Waals surface area contributed by atoms with Gasteiger partial charge in [-0.1, -0.05) is 0 Å². The van der Waals surface area contributed by atoms with Crippen molar-refractivity contribution < 1.29 is 33.3 Å². The highest BCUT2D eigenvalue weighted by Gasteiger charge is 2.36. The second-order valence-electron chi connectivity index (χ2n) is 5.78. The number of piperidine rings is 1. The molecule has 2 rings (SSSR count). The third kappa shape index (κ3) is 3.74. The van der Waals surface area contributed by atoms with E-state index in [9.17, 15) is 14.4 Å². The number of ketones is 1. The van der Waals surface area contributed by atoms with Gasteiger partial charge >= 0.3 is 5.97 Å². The van der Waals surface area contributed by atoms with Gasteiger partial charge in [-0.25, -0.2) is 4.79 Å². The highest BCUT2D eigenvalue weighted by atomic mass is 16.5. The standard InChI is InChI=1S/C18H23NO7/c1-23-13-9-11(10-14(24-2)16(13)25-3)15(20)17(21)19-8-6-5-7-12(19)18(22)26-4/h9-10,12H,5-8H2,1-4H3. The molecular weight excluding hydrogens is 342 g/mol. The zero-order chi connectivity index (χ0) is 19.3. The van der Waals surface area contributed by atoms with Crippen LogP contribution in [0.2, 0.25) is 0 Å². The molecule has 1 heterocycles. The number of carbonyl (C=O) groups is 3. The van der Waals surface area contributed by atoms with E-state index in [0.29, 0.717) is 18.7 Å². The molecule has 8 heteroatoms. The van der Waals surface area contributed by atoms with Crippen molar-refractivity contribution in [2.24, 2.45) is 0 Å². The van der Waals surface area contributed by atoms with Gasteiger partial charge in [0.05, 0.1) is 28.4 Å². The lowest BCUT2D eigenvalue weighted by molar-refractivity contribution is -0.153. The molecule has 8 nitrogen and oxygen atoms in total. The van der Waals surface area contributed by atoms with E-state index >= 15 is 0 Å². The Morgan fingerprint density at radius 3 is 2.08 bits per heavy atom. The van der Waals surface area contributed by atoms with Crippen molar-refractivity contribution in [2.75, 3.05) is 35.0 Å². The summed E-state index contributed by atoms with van der Waals surface area (Å²) in [6.45, 7) is 0.328. The number of hydrogen-bond donors (Lipinski definition) is 0. The number of ether oxygens (including phenoxy) is 4. The summed E-state index contributed by atoms with van der Waals surface area (Å²) in [5, 5.41) is 0. The van der Waals surface area contributed by atoms with Gasteiger partial charge in [-0.3, -0.25) is 9.59 Å². The molecular formula is C18H23NO7. The lowest BCUT2D eigenvalue weighted by Gasteiger charge is -2.33. The van der Waals surface area contributed by atoms with Gasteiger partial charge in [0.1, 0.15) is 6.04 Å². The van der Waals surface area contributed by atoms with Gasteiger partial charge in [0.2, 0.25) is 5.75 Å². The van der Waals surface area contributed by atoms with Crippen LogP contribution in [0, 0.1) is 0 Å². The number of benzene rings is 1. The molecule has 0 bridgehead atoms. The van der Waals surface area contributed by atoms with Crippen LogP contribution in [0.1, 0.15) is 29.6 Å². The Labute approximate surface area is 152 Å². The predicted molar refractivity (Wildman–Crippen MR) is 91.8 cm³/mol. The Balaban J connectivity index is 2.35. The van der Waals surface area contributed by atoms with E-state index in [1.54, 1.807) is 0 Å². The minimum absolute atomic E-state index is 0.0960. The molecule has 0 saturated carbocycles. The van der Waals surface area contributed by atoms with E-state index in [4.69, 9.17) is 18.9 Å². The summed E-state index contributed by atoms with van der Waals surface area (Å²) in [6, 6.07) is 2.09. The average Bonchev–Trinajstić information content (AvgIpc) is 2.70. The summed E-state index contributed by atoms with van der Waals surface area (Å²) in [5.74, 6) is -1.16. The van der Waals surface area contributed by atoms with Gasteiger partial charge in [-0.05, 0) is 31.4 Å². The van der Waals surface area contributed by atoms with E-state index < -0.39 is 23.7 Å². The number of methoxy groups -OCH3 is 4. The van der Waals surface area contributed by atoms with Gasteiger partial charge < -0.3 is 23.8 Å². The van der Waals surface area contributed by atoms with Crippen molar-refractivity contribution in [2.45, 2.75) is 25.3 Å². The van der Waals surface area contributed by atoms with Crippen LogP contribution in [-0.4, -0.2) is 63.6 Å². The van der Waals surface area contributed by atoms with Gasteiger partial charge in [0.25, 0.3) is 11.7 Å². The van der Waals surface area contributed by atoms with Crippen molar-refractivity contribution >= 4 is 17.7 Å². The molecule has 1 aliphatic heterocycles. The molecule has 0 spiro atoms. The number of Topliss-reactive ketones (excluding diaryl/α,β-unsaturated/α-hetero) is 1. The molecule has 0 aliphatic carbocycles. The monoisotopic (exact) mass is 365 g/mol. The molecule has 0 radical (unpaired) electrons. The lowest BCUT2D eigenvalue weighted by Crippen LogP contribution is -2.50. The Kier molecular flexibility index (Phi) is 6.43. The van der Waals surface area contributed by atoms with Gasteiger partial charge in [-0.2, -0.15) is 0 Å². The second kappa shape index (κ2) is 8.55. The van der Waals surface area contributed by atoms with E-state index in [-0.39, 0.29) is 17.1 Å². The second-order valence-corrected chi connectivity index (χ2v) is 5.78. The summed E-state index contributed by atoms with van der Waals surface area (Å²) in [7, 11) is 5.55. The molecule has 0 aromatic heterocycles. The maximum absolute atomic E-state index is 12.7. The minimum Gasteiger partial charge on any atom is -0.493 e. The third-order valence-electron chi connectivity index (χ3n) is 4.36. The zero-order valence-electron chi connectivity index (χ0n) is 15.4. The number of amides is 1. The summed E-state index contributed by atoms with van der Waals surface area (Å²) >= 11 is 0. The molecule has 26 heavy (non-hydrogen) atoms. The fraction of sp³-hybridized carbons (Fsp3) is 0.500. The molecule has 1 aromatic carbocycles. The van der Waals surface area contributed by atoms with Crippen LogP contribution in [-0.2, 0) is 14.3 Å². The molecule has 1 atom stereocenters. The van der Waals surface area contributed by atoms with Crippen LogP contribution in [0.4, 0.5) is 0 Å². The number of esters is 1. The Hall–Kier alpha value is -2.77. The predicted octanol–water partition coefficient (Wildman–Crippen LogP) is 1.45. The van der Waals surface area contributed by atoms with Crippen LogP contribution >= 0.6 is 0 Å². The summed E-state index contributed by atoms with van der Waals surface area (Å²) in [5.41, 5.74) is 0.0960. The summed E-state index contributed by atoms with van der Waals surface area (Å²) < 4.78 is 20.4. The lowest BCUT2D eigenvalue weighted by atomic mass is 10.00. The first-order valence-corrected chi connectivity index (χ1v) is 8.21. The smallest absolute Gasteiger partial charge is 0.328 e. The summed E-state index contributed by atoms with van der Waals surface area (Å²) in [6.07, 6.45) is 1.99. The highest BCUT2D eigenvalue weighted by Crippen LogP contribution is 2.38. The highest BCUT2D eigenvalue weighted by molar-refractivity contribution is 6.43. The van der Waals surface area contributed by atoms with Crippen LogP contribution in [0.3, 0.4) is 0 Å². The maximum atomic E-state index is 12.7. The van der Waals surface area contributed by atoms with Crippen molar-refractivity contribution in [3.05, 3.63) is 17.7 Å². The Morgan fingerprint density at radius 1 is 0.962 bits per heavy atom. The summed E-state index contributed by atoms with van der Waals surface area (Å²) in [4.78, 5) is 38.7. The average molecular weight is 365 g/mol. The minimum atomic E-state index is -0.755. The van der Waals surface area contributed by atoms with E-state index in [1.807, 2.05) is 0 Å². The largest absolute Gasteiger partial charge is 0.493 e. The molecule has 1 unspecified atom stereocenters. The normalized spacial score (nSPS) is 16.6. The van der Waals surface area contributed by atoms with E-state index in [1.165, 1.54) is 45.5 Å². The molecule has 142 valence electrons. The molecule has 0 N–H and O–H groups in total. The molecule has 1 aliphatic rings. The van der Waals surface area contributed by atoms with Crippen molar-refractivity contribution in [1.82, 2.24) is 4.90 Å². The number of carbonyl (C=O) groups excluding carboxylic acids is 3. The molecule has 1 aromatic rings. The first kappa shape index (κ1) is 19.6. The quantitative estimate of drug-likeness (QED) is 0.428. The van der Waals surface area contributed by atoms with Crippen molar-refractivity contribution in [1.29, 1.82) is 0 Å². The fourth-order valence-electron chi connectivity index (χ4n) is 3.02. The van der Waals surface area contributed by atoms with Crippen molar-refractivity contribution in [3.63, 3.8) is 0 Å². The number of likely N-dealkylation sites (tertiary alicyclic amines) is 1. The Morgan fingerprint density at radius 2 is 1.58 bits per heavy atom. The number of rotatable bonds is 6. The van der Waals surface area contributed by atoms with E-state index in [2.05, 4.69) is 0 Å². The Bertz CT molecular complexity index is 676. The van der Waals surface area contributed by atoms with Crippen molar-refractivity contribution in [3.8, 4) is 17.2 Å². The third-order valence-corrected chi connectivity index (χ3v) is 4.36. The van der Waals surface area contributed by atoms with Crippen LogP contribution in [0.25, 0.3) is 0 Å². The van der Waals surface area contributed by atoms with Crippen LogP contribution in [0.5, 0.6) is 17.2 Å². The van der Waals surface area contributed by atoms with Gasteiger partial charge in [0.15, 0.2) is 11.5 Å². The van der Waals surface area contributed by atoms with Crippen LogP contribution in [0.15, 0.2) is 12.1 Å². The van der Waals surface area contributed by atoms with Gasteiger partial charge in [0, 0.05) is 12.1 Å². The maximum Gasteiger partial charge on any atom is 0.328 e.